The Balaban J connectivity index is 1.68. The third-order valence-corrected chi connectivity index (χ3v) is 4.63. The van der Waals surface area contributed by atoms with Gasteiger partial charge in [-0.25, -0.2) is 4.79 Å². The van der Waals surface area contributed by atoms with E-state index in [1.165, 1.54) is 0 Å². The minimum atomic E-state index is -0.481. The van der Waals surface area contributed by atoms with Crippen LogP contribution in [0.15, 0.2) is 4.99 Å². The van der Waals surface area contributed by atoms with Gasteiger partial charge in [0.1, 0.15) is 5.60 Å². The van der Waals surface area contributed by atoms with E-state index >= 15 is 0 Å². The standard InChI is InChI=1S/C20H38N4O4/c1-5-21-18(22-9-6-11-26-14-16-8-12-27-15-16)24-10-7-17(13-24)23-19(25)28-20(2,3)4/h16-17H,5-15H2,1-4H3,(H,21,22)(H,23,25). The lowest BCUT2D eigenvalue weighted by atomic mass is 10.1. The number of rotatable bonds is 8. The third-order valence-electron chi connectivity index (χ3n) is 4.63. The molecule has 2 heterocycles. The minimum Gasteiger partial charge on any atom is -0.444 e. The Morgan fingerprint density at radius 2 is 2.14 bits per heavy atom. The van der Waals surface area contributed by atoms with Gasteiger partial charge in [0, 0.05) is 45.3 Å². The lowest BCUT2D eigenvalue weighted by Gasteiger charge is -2.23. The largest absolute Gasteiger partial charge is 0.444 e. The van der Waals surface area contributed by atoms with Crippen LogP contribution >= 0.6 is 0 Å². The Morgan fingerprint density at radius 1 is 1.32 bits per heavy atom. The van der Waals surface area contributed by atoms with Crippen molar-refractivity contribution in [2.45, 2.75) is 58.6 Å². The molecule has 0 aromatic heterocycles. The number of carbonyl (C=O) groups excluding carboxylic acids is 1. The molecule has 8 nitrogen and oxygen atoms in total. The quantitative estimate of drug-likeness (QED) is 0.370. The van der Waals surface area contributed by atoms with Gasteiger partial charge in [-0.3, -0.25) is 4.99 Å². The summed E-state index contributed by atoms with van der Waals surface area (Å²) in [6.45, 7) is 14.0. The van der Waals surface area contributed by atoms with Gasteiger partial charge in [0.05, 0.1) is 19.3 Å². The Hall–Kier alpha value is -1.54. The van der Waals surface area contributed by atoms with Crippen molar-refractivity contribution in [1.82, 2.24) is 15.5 Å². The van der Waals surface area contributed by atoms with Crippen LogP contribution < -0.4 is 10.6 Å². The molecule has 28 heavy (non-hydrogen) atoms. The van der Waals surface area contributed by atoms with Gasteiger partial charge in [0.2, 0.25) is 0 Å². The second-order valence-corrected chi connectivity index (χ2v) is 8.47. The van der Waals surface area contributed by atoms with E-state index in [1.807, 2.05) is 20.8 Å². The highest BCUT2D eigenvalue weighted by atomic mass is 16.6. The van der Waals surface area contributed by atoms with E-state index in [4.69, 9.17) is 19.2 Å². The molecule has 2 N–H and O–H groups in total. The predicted molar refractivity (Wildman–Crippen MR) is 110 cm³/mol. The number of carbonyl (C=O) groups is 1. The zero-order valence-electron chi connectivity index (χ0n) is 18.0. The van der Waals surface area contributed by atoms with Crippen LogP contribution in [0.4, 0.5) is 4.79 Å². The van der Waals surface area contributed by atoms with Crippen molar-refractivity contribution in [2.24, 2.45) is 10.9 Å². The number of aliphatic imine (C=N–C) groups is 1. The fourth-order valence-electron chi connectivity index (χ4n) is 3.29. The molecule has 162 valence electrons. The van der Waals surface area contributed by atoms with Crippen molar-refractivity contribution in [3.05, 3.63) is 0 Å². The molecule has 8 heteroatoms. The highest BCUT2D eigenvalue weighted by molar-refractivity contribution is 5.80. The van der Waals surface area contributed by atoms with Gasteiger partial charge in [0.15, 0.2) is 5.96 Å². The molecule has 0 spiro atoms. The van der Waals surface area contributed by atoms with Gasteiger partial charge >= 0.3 is 6.09 Å². The van der Waals surface area contributed by atoms with E-state index in [0.717, 1.165) is 77.8 Å². The van der Waals surface area contributed by atoms with Crippen LogP contribution in [0.25, 0.3) is 0 Å². The molecule has 2 fully saturated rings. The molecule has 1 amide bonds. The first-order chi connectivity index (χ1) is 13.4. The van der Waals surface area contributed by atoms with Crippen molar-refractivity contribution in [3.63, 3.8) is 0 Å². The molecule has 0 aromatic carbocycles. The second-order valence-electron chi connectivity index (χ2n) is 8.47. The maximum absolute atomic E-state index is 12.0. The predicted octanol–water partition coefficient (Wildman–Crippen LogP) is 1.99. The smallest absolute Gasteiger partial charge is 0.407 e. The molecule has 0 bridgehead atoms. The van der Waals surface area contributed by atoms with Gasteiger partial charge in [-0.2, -0.15) is 0 Å². The maximum Gasteiger partial charge on any atom is 0.407 e. The first-order valence-electron chi connectivity index (χ1n) is 10.6. The highest BCUT2D eigenvalue weighted by Crippen LogP contribution is 2.13. The summed E-state index contributed by atoms with van der Waals surface area (Å²) in [6, 6.07) is 0.0793. The normalized spacial score (nSPS) is 23.1. The van der Waals surface area contributed by atoms with Gasteiger partial charge < -0.3 is 29.7 Å². The first-order valence-corrected chi connectivity index (χ1v) is 10.6. The van der Waals surface area contributed by atoms with Crippen molar-refractivity contribution in [1.29, 1.82) is 0 Å². The number of amides is 1. The maximum atomic E-state index is 12.0. The zero-order chi connectivity index (χ0) is 20.4. The van der Waals surface area contributed by atoms with Crippen molar-refractivity contribution in [3.8, 4) is 0 Å². The molecule has 2 saturated heterocycles. The molecule has 2 atom stereocenters. The number of ether oxygens (including phenoxy) is 3. The molecule has 0 radical (unpaired) electrons. The van der Waals surface area contributed by atoms with Gasteiger partial charge in [0.25, 0.3) is 0 Å². The van der Waals surface area contributed by atoms with Crippen molar-refractivity contribution < 1.29 is 19.0 Å². The topological polar surface area (TPSA) is 84.4 Å². The molecular formula is C20H38N4O4. The number of hydrogen-bond acceptors (Lipinski definition) is 5. The summed E-state index contributed by atoms with van der Waals surface area (Å²) in [4.78, 5) is 18.9. The number of guanidine groups is 1. The number of alkyl carbamates (subject to hydrolysis) is 1. The lowest BCUT2D eigenvalue weighted by molar-refractivity contribution is 0.0507. The number of likely N-dealkylation sites (tertiary alicyclic amines) is 1. The Morgan fingerprint density at radius 3 is 2.82 bits per heavy atom. The zero-order valence-corrected chi connectivity index (χ0v) is 18.0. The van der Waals surface area contributed by atoms with Crippen LogP contribution in [0.3, 0.4) is 0 Å². The average Bonchev–Trinajstić information content (AvgIpc) is 3.27. The van der Waals surface area contributed by atoms with Crippen LogP contribution in [0.5, 0.6) is 0 Å². The van der Waals surface area contributed by atoms with Gasteiger partial charge in [-0.05, 0) is 47.0 Å². The van der Waals surface area contributed by atoms with Gasteiger partial charge in [-0.15, -0.1) is 0 Å². The summed E-state index contributed by atoms with van der Waals surface area (Å²) in [7, 11) is 0. The van der Waals surface area contributed by atoms with Crippen LogP contribution in [0, 0.1) is 5.92 Å². The molecule has 0 aliphatic carbocycles. The molecule has 2 unspecified atom stereocenters. The summed E-state index contributed by atoms with van der Waals surface area (Å²) in [5.74, 6) is 1.46. The Kier molecular flexibility index (Phi) is 9.31. The fraction of sp³-hybridized carbons (Fsp3) is 0.900. The molecular weight excluding hydrogens is 360 g/mol. The van der Waals surface area contributed by atoms with Gasteiger partial charge in [-0.1, -0.05) is 0 Å². The number of nitrogens with zero attached hydrogens (tertiary/aromatic N) is 2. The second kappa shape index (κ2) is 11.5. The first kappa shape index (κ1) is 22.7. The lowest BCUT2D eigenvalue weighted by Crippen LogP contribution is -2.44. The summed E-state index contributed by atoms with van der Waals surface area (Å²) < 4.78 is 16.4. The van der Waals surface area contributed by atoms with Crippen molar-refractivity contribution >= 4 is 12.1 Å². The third kappa shape index (κ3) is 8.65. The summed E-state index contributed by atoms with van der Waals surface area (Å²) in [5, 5.41) is 6.30. The fourth-order valence-corrected chi connectivity index (χ4v) is 3.29. The van der Waals surface area contributed by atoms with E-state index in [2.05, 4.69) is 22.5 Å². The highest BCUT2D eigenvalue weighted by Gasteiger charge is 2.27. The van der Waals surface area contributed by atoms with E-state index < -0.39 is 5.60 Å². The Bertz CT molecular complexity index is 501. The van der Waals surface area contributed by atoms with E-state index in [-0.39, 0.29) is 12.1 Å². The summed E-state index contributed by atoms with van der Waals surface area (Å²) in [5.41, 5.74) is -0.481. The summed E-state index contributed by atoms with van der Waals surface area (Å²) in [6.07, 6.45) is 2.54. The number of nitrogens with one attached hydrogen (secondary N) is 2. The van der Waals surface area contributed by atoms with Crippen LogP contribution in [0.1, 0.15) is 47.0 Å². The van der Waals surface area contributed by atoms with E-state index in [0.29, 0.717) is 5.92 Å². The molecule has 2 aliphatic heterocycles. The van der Waals surface area contributed by atoms with Crippen LogP contribution in [0.2, 0.25) is 0 Å². The van der Waals surface area contributed by atoms with Crippen molar-refractivity contribution in [2.75, 3.05) is 52.6 Å². The summed E-state index contributed by atoms with van der Waals surface area (Å²) >= 11 is 0. The molecule has 0 aromatic rings. The van der Waals surface area contributed by atoms with E-state index in [9.17, 15) is 4.79 Å². The number of hydrogen-bond donors (Lipinski definition) is 2. The Labute approximate surface area is 169 Å². The molecule has 2 rings (SSSR count). The monoisotopic (exact) mass is 398 g/mol. The minimum absolute atomic E-state index is 0.0793. The molecule has 0 saturated carbocycles. The average molecular weight is 399 g/mol. The van der Waals surface area contributed by atoms with E-state index in [1.54, 1.807) is 0 Å². The SMILES string of the molecule is CCNC(=NCCCOCC1CCOC1)N1CCC(NC(=O)OC(C)(C)C)C1. The van der Waals surface area contributed by atoms with Crippen LogP contribution in [-0.2, 0) is 14.2 Å². The van der Waals surface area contributed by atoms with Crippen LogP contribution in [-0.4, -0.2) is 81.2 Å². The molecule has 2 aliphatic rings.